The molecular weight excluding hydrogens is 286 g/mol. The van der Waals surface area contributed by atoms with Crippen LogP contribution in [0.15, 0.2) is 17.0 Å². The van der Waals surface area contributed by atoms with Crippen molar-refractivity contribution < 1.29 is 27.8 Å². The Morgan fingerprint density at radius 2 is 1.75 bits per heavy atom. The summed E-state index contributed by atoms with van der Waals surface area (Å²) in [6, 6.07) is 2.63. The summed E-state index contributed by atoms with van der Waals surface area (Å²) >= 11 is 0. The van der Waals surface area contributed by atoms with Gasteiger partial charge in [-0.15, -0.1) is 0 Å². The molecule has 8 heteroatoms. The van der Waals surface area contributed by atoms with Gasteiger partial charge in [-0.05, 0) is 6.07 Å². The first-order valence-corrected chi connectivity index (χ1v) is 7.07. The SMILES string of the molecule is COc1cc(OC)c(S(=O)(=O)N(C)C)cc1CC(=O)O. The number of carbonyl (C=O) groups is 1. The fraction of sp³-hybridized carbons (Fsp3) is 0.417. The highest BCUT2D eigenvalue weighted by molar-refractivity contribution is 7.89. The van der Waals surface area contributed by atoms with Crippen LogP contribution in [0.2, 0.25) is 0 Å². The number of hydrogen-bond donors (Lipinski definition) is 1. The van der Waals surface area contributed by atoms with Crippen LogP contribution < -0.4 is 9.47 Å². The van der Waals surface area contributed by atoms with E-state index in [2.05, 4.69) is 0 Å². The maximum atomic E-state index is 12.2. The van der Waals surface area contributed by atoms with Crippen LogP contribution in [0.25, 0.3) is 0 Å². The standard InChI is InChI=1S/C12H17NO6S/c1-13(2)20(16,17)11-5-8(6-12(14)15)9(18-3)7-10(11)19-4/h5,7H,6H2,1-4H3,(H,14,15). The lowest BCUT2D eigenvalue weighted by atomic mass is 10.1. The second kappa shape index (κ2) is 6.10. The zero-order chi connectivity index (χ0) is 15.5. The molecule has 0 aliphatic carbocycles. The van der Waals surface area contributed by atoms with Gasteiger partial charge in [0.15, 0.2) is 0 Å². The van der Waals surface area contributed by atoms with Gasteiger partial charge in [0.25, 0.3) is 0 Å². The highest BCUT2D eigenvalue weighted by atomic mass is 32.2. The van der Waals surface area contributed by atoms with Crippen molar-refractivity contribution in [3.8, 4) is 11.5 Å². The third-order valence-corrected chi connectivity index (χ3v) is 4.50. The lowest BCUT2D eigenvalue weighted by Gasteiger charge is -2.17. The predicted molar refractivity (Wildman–Crippen MR) is 71.8 cm³/mol. The molecule has 1 rings (SSSR count). The quantitative estimate of drug-likeness (QED) is 0.826. The molecular formula is C12H17NO6S. The molecule has 0 radical (unpaired) electrons. The number of aliphatic carboxylic acids is 1. The number of hydrogen-bond acceptors (Lipinski definition) is 5. The molecule has 0 aliphatic heterocycles. The van der Waals surface area contributed by atoms with E-state index < -0.39 is 16.0 Å². The van der Waals surface area contributed by atoms with Crippen molar-refractivity contribution in [2.45, 2.75) is 11.3 Å². The Kier molecular flexibility index (Phi) is 4.96. The Labute approximate surface area is 117 Å². The van der Waals surface area contributed by atoms with E-state index >= 15 is 0 Å². The Balaban J connectivity index is 3.55. The van der Waals surface area contributed by atoms with Crippen LogP contribution in [0.3, 0.4) is 0 Å². The van der Waals surface area contributed by atoms with Gasteiger partial charge in [0, 0.05) is 25.7 Å². The zero-order valence-corrected chi connectivity index (χ0v) is 12.5. The first-order chi connectivity index (χ1) is 9.23. The van der Waals surface area contributed by atoms with Crippen molar-refractivity contribution >= 4 is 16.0 Å². The largest absolute Gasteiger partial charge is 0.496 e. The van der Waals surface area contributed by atoms with Gasteiger partial charge in [0.1, 0.15) is 16.4 Å². The number of carboxylic acid groups (broad SMARTS) is 1. The van der Waals surface area contributed by atoms with E-state index in [1.165, 1.54) is 40.4 Å². The molecule has 20 heavy (non-hydrogen) atoms. The lowest BCUT2D eigenvalue weighted by molar-refractivity contribution is -0.136. The van der Waals surface area contributed by atoms with Crippen LogP contribution in [-0.4, -0.2) is 52.1 Å². The van der Waals surface area contributed by atoms with Crippen LogP contribution in [0.1, 0.15) is 5.56 Å². The summed E-state index contributed by atoms with van der Waals surface area (Å²) in [5.74, 6) is -0.715. The highest BCUT2D eigenvalue weighted by Gasteiger charge is 2.25. The maximum Gasteiger partial charge on any atom is 0.307 e. The molecule has 1 N–H and O–H groups in total. The molecule has 0 bridgehead atoms. The topological polar surface area (TPSA) is 93.1 Å². The van der Waals surface area contributed by atoms with Gasteiger partial charge in [0.2, 0.25) is 10.0 Å². The summed E-state index contributed by atoms with van der Waals surface area (Å²) in [7, 11) is 1.74. The summed E-state index contributed by atoms with van der Waals surface area (Å²) < 4.78 is 35.6. The summed E-state index contributed by atoms with van der Waals surface area (Å²) in [6.45, 7) is 0. The molecule has 112 valence electrons. The molecule has 0 saturated carbocycles. The summed E-state index contributed by atoms with van der Waals surface area (Å²) in [5, 5.41) is 8.87. The number of sulfonamides is 1. The molecule has 0 atom stereocenters. The number of methoxy groups -OCH3 is 2. The van der Waals surface area contributed by atoms with Gasteiger partial charge in [-0.3, -0.25) is 4.79 Å². The van der Waals surface area contributed by atoms with Crippen LogP contribution in [0.5, 0.6) is 11.5 Å². The predicted octanol–water partition coefficient (Wildman–Crippen LogP) is 0.581. The van der Waals surface area contributed by atoms with E-state index in [9.17, 15) is 13.2 Å². The van der Waals surface area contributed by atoms with E-state index in [1.807, 2.05) is 0 Å². The van der Waals surface area contributed by atoms with Crippen molar-refractivity contribution in [3.05, 3.63) is 17.7 Å². The van der Waals surface area contributed by atoms with E-state index in [4.69, 9.17) is 14.6 Å². The normalized spacial score (nSPS) is 11.4. The Morgan fingerprint density at radius 1 is 1.20 bits per heavy atom. The van der Waals surface area contributed by atoms with Crippen molar-refractivity contribution in [3.63, 3.8) is 0 Å². The van der Waals surface area contributed by atoms with E-state index in [0.717, 1.165) is 4.31 Å². The maximum absolute atomic E-state index is 12.2. The lowest BCUT2D eigenvalue weighted by Crippen LogP contribution is -2.23. The van der Waals surface area contributed by atoms with Gasteiger partial charge in [-0.25, -0.2) is 12.7 Å². The van der Waals surface area contributed by atoms with Gasteiger partial charge in [-0.1, -0.05) is 0 Å². The van der Waals surface area contributed by atoms with Gasteiger partial charge < -0.3 is 14.6 Å². The van der Waals surface area contributed by atoms with Crippen molar-refractivity contribution in [2.75, 3.05) is 28.3 Å². The Morgan fingerprint density at radius 3 is 2.15 bits per heavy atom. The first-order valence-electron chi connectivity index (χ1n) is 5.63. The molecule has 0 fully saturated rings. The number of carboxylic acids is 1. The average molecular weight is 303 g/mol. The second-order valence-corrected chi connectivity index (χ2v) is 6.29. The Hall–Kier alpha value is -1.80. The van der Waals surface area contributed by atoms with Gasteiger partial charge in [-0.2, -0.15) is 0 Å². The van der Waals surface area contributed by atoms with Gasteiger partial charge in [0.05, 0.1) is 20.6 Å². The first kappa shape index (κ1) is 16.3. The highest BCUT2D eigenvalue weighted by Crippen LogP contribution is 2.33. The number of nitrogens with zero attached hydrogens (tertiary/aromatic N) is 1. The van der Waals surface area contributed by atoms with Crippen LogP contribution in [0.4, 0.5) is 0 Å². The summed E-state index contributed by atoms with van der Waals surface area (Å²) in [4.78, 5) is 10.7. The monoisotopic (exact) mass is 303 g/mol. The second-order valence-electron chi connectivity index (χ2n) is 4.17. The zero-order valence-electron chi connectivity index (χ0n) is 11.7. The molecule has 0 amide bonds. The van der Waals surface area contributed by atoms with E-state index in [0.29, 0.717) is 0 Å². The molecule has 0 aliphatic rings. The molecule has 7 nitrogen and oxygen atoms in total. The van der Waals surface area contributed by atoms with Crippen LogP contribution in [0, 0.1) is 0 Å². The number of rotatable bonds is 6. The van der Waals surface area contributed by atoms with E-state index in [-0.39, 0.29) is 28.4 Å². The van der Waals surface area contributed by atoms with Gasteiger partial charge >= 0.3 is 5.97 Å². The molecule has 0 saturated heterocycles. The molecule has 0 aromatic heterocycles. The molecule has 0 spiro atoms. The molecule has 0 heterocycles. The van der Waals surface area contributed by atoms with Crippen molar-refractivity contribution in [1.82, 2.24) is 4.31 Å². The minimum absolute atomic E-state index is 0.0953. The van der Waals surface area contributed by atoms with Crippen molar-refractivity contribution in [1.29, 1.82) is 0 Å². The summed E-state index contributed by atoms with van der Waals surface area (Å²) in [6.07, 6.45) is -0.344. The molecule has 0 unspecified atom stereocenters. The minimum Gasteiger partial charge on any atom is -0.496 e. The van der Waals surface area contributed by atoms with E-state index in [1.54, 1.807) is 0 Å². The average Bonchev–Trinajstić information content (AvgIpc) is 2.37. The molecule has 1 aromatic rings. The fourth-order valence-corrected chi connectivity index (χ4v) is 2.71. The molecule has 1 aromatic carbocycles. The van der Waals surface area contributed by atoms with Crippen molar-refractivity contribution in [2.24, 2.45) is 0 Å². The number of benzene rings is 1. The Bertz CT molecular complexity index is 609. The van der Waals surface area contributed by atoms with Crippen LogP contribution >= 0.6 is 0 Å². The minimum atomic E-state index is -3.74. The third-order valence-electron chi connectivity index (χ3n) is 2.67. The smallest absolute Gasteiger partial charge is 0.307 e. The van der Waals surface area contributed by atoms with Crippen LogP contribution in [-0.2, 0) is 21.2 Å². The summed E-state index contributed by atoms with van der Waals surface area (Å²) in [5.41, 5.74) is 0.265. The third kappa shape index (κ3) is 3.20. The number of ether oxygens (including phenoxy) is 2. The fourth-order valence-electron chi connectivity index (χ4n) is 1.63.